The first kappa shape index (κ1) is 20.6. The average molecular weight is 424 g/mol. The molecule has 2 N–H and O–H groups in total. The normalized spacial score (nSPS) is 13.7. The van der Waals surface area contributed by atoms with Crippen LogP contribution < -0.4 is 5.73 Å². The van der Waals surface area contributed by atoms with Gasteiger partial charge in [-0.25, -0.2) is 4.79 Å². The fourth-order valence-electron chi connectivity index (χ4n) is 2.44. The molecule has 29 heavy (non-hydrogen) atoms. The lowest BCUT2D eigenvalue weighted by Crippen LogP contribution is -2.48. The fourth-order valence-corrected chi connectivity index (χ4v) is 2.61. The number of rotatable bonds is 5. The maximum atomic E-state index is 12.6. The molecule has 0 bridgehead atoms. The van der Waals surface area contributed by atoms with Crippen LogP contribution in [0.25, 0.3) is 11.0 Å². The molecular formula is C18H13ClF3N5O2. The number of nitrogens with two attached hydrogens (primary N) is 1. The summed E-state index contributed by atoms with van der Waals surface area (Å²) in [5, 5.41) is 18.2. The number of carbonyl (C=O) groups excluding carboxylic acids is 1. The Morgan fingerprint density at radius 2 is 1.83 bits per heavy atom. The number of fused-ring (bicyclic) bond motifs is 1. The van der Waals surface area contributed by atoms with Crippen LogP contribution in [-0.4, -0.2) is 33.1 Å². The van der Waals surface area contributed by atoms with Gasteiger partial charge in [-0.2, -0.15) is 33.4 Å². The van der Waals surface area contributed by atoms with E-state index in [0.717, 1.165) is 24.3 Å². The zero-order valence-corrected chi connectivity index (χ0v) is 15.4. The molecule has 7 nitrogen and oxygen atoms in total. The smallest absolute Gasteiger partial charge is 0.416 e. The van der Waals surface area contributed by atoms with Gasteiger partial charge in [-0.05, 0) is 42.5 Å². The van der Waals surface area contributed by atoms with Gasteiger partial charge in [-0.15, -0.1) is 0 Å². The second-order valence-electron chi connectivity index (χ2n) is 6.28. The summed E-state index contributed by atoms with van der Waals surface area (Å²) in [4.78, 5) is 13.3. The second-order valence-corrected chi connectivity index (χ2v) is 6.72. The molecule has 3 rings (SSSR count). The zero-order chi connectivity index (χ0) is 21.2. The van der Waals surface area contributed by atoms with Crippen molar-refractivity contribution < 1.29 is 22.7 Å². The Bertz CT molecular complexity index is 1090. The van der Waals surface area contributed by atoms with Crippen LogP contribution in [0.5, 0.6) is 0 Å². The number of alkyl halides is 3. The Labute approximate surface area is 167 Å². The standard InChI is InChI=1S/C18H13ClF3N5O2/c19-13-5-6-14-15(7-13)26-27(25-14)9-17(24,8-23)10-29-16(28)11-1-3-12(4-2-11)18(20,21)22/h1-7H,9-10,24H2. The van der Waals surface area contributed by atoms with Gasteiger partial charge in [0.05, 0.1) is 23.7 Å². The predicted molar refractivity (Wildman–Crippen MR) is 96.8 cm³/mol. The van der Waals surface area contributed by atoms with Crippen LogP contribution in [0.15, 0.2) is 42.5 Å². The number of ether oxygens (including phenoxy) is 1. The summed E-state index contributed by atoms with van der Waals surface area (Å²) < 4.78 is 42.8. The summed E-state index contributed by atoms with van der Waals surface area (Å²) in [5.74, 6) is -0.908. The van der Waals surface area contributed by atoms with E-state index in [2.05, 4.69) is 10.2 Å². The molecule has 0 aliphatic rings. The molecule has 0 amide bonds. The maximum Gasteiger partial charge on any atom is 0.416 e. The van der Waals surface area contributed by atoms with Gasteiger partial charge in [0.2, 0.25) is 0 Å². The van der Waals surface area contributed by atoms with Gasteiger partial charge >= 0.3 is 12.1 Å². The number of benzene rings is 2. The molecule has 1 unspecified atom stereocenters. The van der Waals surface area contributed by atoms with Crippen molar-refractivity contribution >= 4 is 28.6 Å². The molecule has 0 aliphatic heterocycles. The van der Waals surface area contributed by atoms with Crippen molar-refractivity contribution in [3.63, 3.8) is 0 Å². The highest BCUT2D eigenvalue weighted by Gasteiger charge is 2.31. The highest BCUT2D eigenvalue weighted by atomic mass is 35.5. The van der Waals surface area contributed by atoms with Crippen LogP contribution >= 0.6 is 11.6 Å². The first-order chi connectivity index (χ1) is 13.6. The molecule has 1 atom stereocenters. The van der Waals surface area contributed by atoms with Crippen molar-refractivity contribution in [2.75, 3.05) is 6.61 Å². The molecule has 0 saturated carbocycles. The maximum absolute atomic E-state index is 12.6. The van der Waals surface area contributed by atoms with Gasteiger partial charge in [-0.1, -0.05) is 11.6 Å². The van der Waals surface area contributed by atoms with Gasteiger partial charge < -0.3 is 10.5 Å². The number of halogens is 4. The van der Waals surface area contributed by atoms with E-state index in [1.165, 1.54) is 4.80 Å². The number of nitriles is 1. The minimum atomic E-state index is -4.51. The number of hydrogen-bond acceptors (Lipinski definition) is 6. The van der Waals surface area contributed by atoms with E-state index in [0.29, 0.717) is 16.1 Å². The predicted octanol–water partition coefficient (Wildman–Crippen LogP) is 3.18. The molecule has 1 aromatic heterocycles. The number of carbonyl (C=O) groups is 1. The van der Waals surface area contributed by atoms with Crippen molar-refractivity contribution in [2.24, 2.45) is 5.73 Å². The van der Waals surface area contributed by atoms with Crippen LogP contribution in [0.4, 0.5) is 13.2 Å². The van der Waals surface area contributed by atoms with Crippen molar-refractivity contribution in [3.05, 3.63) is 58.6 Å². The Morgan fingerprint density at radius 3 is 2.45 bits per heavy atom. The lowest BCUT2D eigenvalue weighted by atomic mass is 10.1. The fraction of sp³-hybridized carbons (Fsp3) is 0.222. The van der Waals surface area contributed by atoms with E-state index in [-0.39, 0.29) is 12.1 Å². The third-order valence-electron chi connectivity index (χ3n) is 3.94. The van der Waals surface area contributed by atoms with Crippen molar-refractivity contribution in [3.8, 4) is 6.07 Å². The molecule has 0 radical (unpaired) electrons. The van der Waals surface area contributed by atoms with E-state index >= 15 is 0 Å². The number of aromatic nitrogens is 3. The molecule has 11 heteroatoms. The Hall–Kier alpha value is -3.16. The highest BCUT2D eigenvalue weighted by Crippen LogP contribution is 2.29. The average Bonchev–Trinajstić information content (AvgIpc) is 3.06. The first-order valence-electron chi connectivity index (χ1n) is 8.15. The van der Waals surface area contributed by atoms with Gasteiger partial charge in [0.15, 0.2) is 5.54 Å². The van der Waals surface area contributed by atoms with E-state index < -0.39 is 29.9 Å². The molecule has 3 aromatic rings. The monoisotopic (exact) mass is 423 g/mol. The number of nitrogens with zero attached hydrogens (tertiary/aromatic N) is 4. The minimum Gasteiger partial charge on any atom is -0.459 e. The molecule has 2 aromatic carbocycles. The summed E-state index contributed by atoms with van der Waals surface area (Å²) in [6.07, 6.45) is -4.51. The topological polar surface area (TPSA) is 107 Å². The van der Waals surface area contributed by atoms with Gasteiger partial charge in [0, 0.05) is 5.02 Å². The van der Waals surface area contributed by atoms with Gasteiger partial charge in [0.1, 0.15) is 17.6 Å². The second kappa shape index (κ2) is 7.69. The number of hydrogen-bond donors (Lipinski definition) is 1. The van der Waals surface area contributed by atoms with Crippen LogP contribution in [0.1, 0.15) is 15.9 Å². The van der Waals surface area contributed by atoms with Crippen molar-refractivity contribution in [1.29, 1.82) is 5.26 Å². The van der Waals surface area contributed by atoms with E-state index in [1.54, 1.807) is 18.2 Å². The van der Waals surface area contributed by atoms with Gasteiger partial charge in [0.25, 0.3) is 0 Å². The largest absolute Gasteiger partial charge is 0.459 e. The van der Waals surface area contributed by atoms with Gasteiger partial charge in [-0.3, -0.25) is 0 Å². The summed E-state index contributed by atoms with van der Waals surface area (Å²) >= 11 is 5.89. The zero-order valence-electron chi connectivity index (χ0n) is 14.7. The number of esters is 1. The van der Waals surface area contributed by atoms with E-state index in [9.17, 15) is 23.2 Å². The summed E-state index contributed by atoms with van der Waals surface area (Å²) in [5.41, 5.74) is 4.37. The van der Waals surface area contributed by atoms with Crippen molar-refractivity contribution in [2.45, 2.75) is 18.3 Å². The summed E-state index contributed by atoms with van der Waals surface area (Å²) in [7, 11) is 0. The summed E-state index contributed by atoms with van der Waals surface area (Å²) in [6.45, 7) is -0.696. The molecular weight excluding hydrogens is 411 g/mol. The van der Waals surface area contributed by atoms with E-state index in [4.69, 9.17) is 22.1 Å². The first-order valence-corrected chi connectivity index (χ1v) is 8.52. The van der Waals surface area contributed by atoms with E-state index in [1.807, 2.05) is 6.07 Å². The quantitative estimate of drug-likeness (QED) is 0.631. The molecule has 1 heterocycles. The lowest BCUT2D eigenvalue weighted by molar-refractivity contribution is -0.137. The van der Waals surface area contributed by atoms with Crippen LogP contribution in [-0.2, 0) is 17.5 Å². The van der Waals surface area contributed by atoms with Crippen LogP contribution in [0.2, 0.25) is 5.02 Å². The minimum absolute atomic E-state index is 0.101. The van der Waals surface area contributed by atoms with Crippen LogP contribution in [0, 0.1) is 11.3 Å². The van der Waals surface area contributed by atoms with Crippen LogP contribution in [0.3, 0.4) is 0 Å². The third-order valence-corrected chi connectivity index (χ3v) is 4.17. The highest BCUT2D eigenvalue weighted by molar-refractivity contribution is 6.31. The Morgan fingerprint density at radius 1 is 1.17 bits per heavy atom. The summed E-state index contributed by atoms with van der Waals surface area (Å²) in [6, 6.07) is 10.2. The SMILES string of the molecule is N#CC(N)(COC(=O)c1ccc(C(F)(F)F)cc1)Cn1nc2ccc(Cl)cc2n1. The molecule has 0 fully saturated rings. The Balaban J connectivity index is 1.68. The third kappa shape index (κ3) is 4.82. The molecule has 0 spiro atoms. The lowest BCUT2D eigenvalue weighted by Gasteiger charge is -2.20. The molecule has 0 saturated heterocycles. The molecule has 150 valence electrons. The Kier molecular flexibility index (Phi) is 5.46. The van der Waals surface area contributed by atoms with Crippen molar-refractivity contribution in [1.82, 2.24) is 15.0 Å². The molecule has 0 aliphatic carbocycles.